The van der Waals surface area contributed by atoms with Crippen LogP contribution in [0.25, 0.3) is 0 Å². The lowest BCUT2D eigenvalue weighted by Gasteiger charge is -2.12. The molecular weight excluding hydrogens is 432 g/mol. The van der Waals surface area contributed by atoms with E-state index in [4.69, 9.17) is 9.47 Å². The summed E-state index contributed by atoms with van der Waals surface area (Å²) < 4.78 is 10.9. The molecule has 0 aliphatic carbocycles. The van der Waals surface area contributed by atoms with Crippen LogP contribution < -0.4 is 4.74 Å². The molecule has 0 bridgehead atoms. The van der Waals surface area contributed by atoms with E-state index in [1.165, 1.54) is 44.6 Å². The van der Waals surface area contributed by atoms with Crippen LogP contribution in [0, 0.1) is 0 Å². The van der Waals surface area contributed by atoms with Crippen molar-refractivity contribution in [2.24, 2.45) is 0 Å². The summed E-state index contributed by atoms with van der Waals surface area (Å²) in [5.41, 5.74) is 1.43. The Balaban J connectivity index is 2.02. The van der Waals surface area contributed by atoms with Crippen molar-refractivity contribution in [1.29, 1.82) is 0 Å². The van der Waals surface area contributed by atoms with Crippen molar-refractivity contribution in [1.82, 2.24) is 0 Å². The molecule has 184 valence electrons. The van der Waals surface area contributed by atoms with Gasteiger partial charge in [-0.05, 0) is 43.7 Å². The predicted octanol–water partition coefficient (Wildman–Crippen LogP) is 6.24. The number of benzene rings is 2. The summed E-state index contributed by atoms with van der Waals surface area (Å²) in [4.78, 5) is 36.4. The number of hydrogen-bond donors (Lipinski definition) is 1. The van der Waals surface area contributed by atoms with E-state index in [9.17, 15) is 19.5 Å². The second kappa shape index (κ2) is 14.9. The molecule has 1 N–H and O–H groups in total. The molecule has 6 nitrogen and oxygen atoms in total. The standard InChI is InChI=1S/C28H36O6/c1-3-5-6-7-8-9-10-11-17-34-25-16-15-22(19-24(25)20-26(29)30)27(31)21-13-12-14-23(18-21)28(32)33-4-2/h12-16,18-19H,3-11,17,20H2,1-2H3,(H,29,30). The second-order valence-corrected chi connectivity index (χ2v) is 8.35. The van der Waals surface area contributed by atoms with Gasteiger partial charge in [0.15, 0.2) is 5.78 Å². The Morgan fingerprint density at radius 2 is 1.44 bits per heavy atom. The molecular formula is C28H36O6. The van der Waals surface area contributed by atoms with Crippen molar-refractivity contribution in [3.63, 3.8) is 0 Å². The average molecular weight is 469 g/mol. The van der Waals surface area contributed by atoms with Crippen molar-refractivity contribution in [2.45, 2.75) is 71.6 Å². The lowest BCUT2D eigenvalue weighted by atomic mass is 9.98. The monoisotopic (exact) mass is 468 g/mol. The fourth-order valence-corrected chi connectivity index (χ4v) is 3.75. The number of ketones is 1. The number of unbranched alkanes of at least 4 members (excludes halogenated alkanes) is 7. The van der Waals surface area contributed by atoms with E-state index in [0.717, 1.165) is 12.8 Å². The molecule has 0 aliphatic heterocycles. The van der Waals surface area contributed by atoms with Crippen LogP contribution in [-0.2, 0) is 16.0 Å². The minimum absolute atomic E-state index is 0.239. The number of carboxylic acids is 1. The van der Waals surface area contributed by atoms with Crippen molar-refractivity contribution in [2.75, 3.05) is 13.2 Å². The maximum atomic E-state index is 13.0. The minimum atomic E-state index is -0.995. The van der Waals surface area contributed by atoms with Gasteiger partial charge >= 0.3 is 11.9 Å². The Labute approximate surface area is 202 Å². The van der Waals surface area contributed by atoms with Crippen LogP contribution in [0.5, 0.6) is 5.75 Å². The molecule has 0 fully saturated rings. The second-order valence-electron chi connectivity index (χ2n) is 8.35. The molecule has 6 heteroatoms. The van der Waals surface area contributed by atoms with Gasteiger partial charge in [-0.2, -0.15) is 0 Å². The third-order valence-electron chi connectivity index (χ3n) is 5.56. The average Bonchev–Trinajstić information content (AvgIpc) is 2.83. The molecule has 0 aromatic heterocycles. The quantitative estimate of drug-likeness (QED) is 0.178. The molecule has 2 aromatic rings. The molecule has 0 radical (unpaired) electrons. The van der Waals surface area contributed by atoms with Crippen molar-refractivity contribution in [3.05, 3.63) is 64.7 Å². The molecule has 0 amide bonds. The third-order valence-corrected chi connectivity index (χ3v) is 5.56. The highest BCUT2D eigenvalue weighted by Gasteiger charge is 2.16. The SMILES string of the molecule is CCCCCCCCCCOc1ccc(C(=O)c2cccc(C(=O)OCC)c2)cc1CC(=O)O. The number of carbonyl (C=O) groups is 3. The summed E-state index contributed by atoms with van der Waals surface area (Å²) >= 11 is 0. The van der Waals surface area contributed by atoms with E-state index < -0.39 is 11.9 Å². The number of rotatable bonds is 16. The zero-order valence-electron chi connectivity index (χ0n) is 20.3. The highest BCUT2D eigenvalue weighted by Crippen LogP contribution is 2.24. The van der Waals surface area contributed by atoms with Gasteiger partial charge in [0.25, 0.3) is 0 Å². The number of carboxylic acid groups (broad SMARTS) is 1. The highest BCUT2D eigenvalue weighted by molar-refractivity contribution is 6.10. The largest absolute Gasteiger partial charge is 0.493 e. The fourth-order valence-electron chi connectivity index (χ4n) is 3.75. The number of ether oxygens (including phenoxy) is 2. The van der Waals surface area contributed by atoms with E-state index >= 15 is 0 Å². The number of carbonyl (C=O) groups excluding carboxylic acids is 2. The van der Waals surface area contributed by atoms with Crippen LogP contribution in [0.2, 0.25) is 0 Å². The van der Waals surface area contributed by atoms with Gasteiger partial charge in [0.05, 0.1) is 25.2 Å². The number of hydrogen-bond acceptors (Lipinski definition) is 5. The van der Waals surface area contributed by atoms with E-state index in [0.29, 0.717) is 34.6 Å². The lowest BCUT2D eigenvalue weighted by molar-refractivity contribution is -0.136. The predicted molar refractivity (Wildman–Crippen MR) is 132 cm³/mol. The highest BCUT2D eigenvalue weighted by atomic mass is 16.5. The van der Waals surface area contributed by atoms with Crippen LogP contribution in [0.4, 0.5) is 0 Å². The first-order valence-electron chi connectivity index (χ1n) is 12.3. The lowest BCUT2D eigenvalue weighted by Crippen LogP contribution is -2.09. The summed E-state index contributed by atoms with van der Waals surface area (Å²) in [6.45, 7) is 4.68. The Kier molecular flexibility index (Phi) is 11.9. The number of aliphatic carboxylic acids is 1. The maximum Gasteiger partial charge on any atom is 0.338 e. The fraction of sp³-hybridized carbons (Fsp3) is 0.464. The Bertz CT molecular complexity index is 950. The summed E-state index contributed by atoms with van der Waals surface area (Å²) in [5.74, 6) is -1.30. The van der Waals surface area contributed by atoms with Gasteiger partial charge in [0.2, 0.25) is 0 Å². The molecule has 0 atom stereocenters. The van der Waals surface area contributed by atoms with Gasteiger partial charge < -0.3 is 14.6 Å². The molecule has 0 heterocycles. The van der Waals surface area contributed by atoms with Gasteiger partial charge in [-0.25, -0.2) is 4.79 Å². The molecule has 34 heavy (non-hydrogen) atoms. The molecule has 0 spiro atoms. The minimum Gasteiger partial charge on any atom is -0.493 e. The summed E-state index contributed by atoms with van der Waals surface area (Å²) in [6, 6.07) is 11.2. The normalized spacial score (nSPS) is 10.6. The Hall–Kier alpha value is -3.15. The van der Waals surface area contributed by atoms with Crippen LogP contribution in [-0.4, -0.2) is 36.0 Å². The van der Waals surface area contributed by atoms with Gasteiger partial charge in [-0.3, -0.25) is 9.59 Å². The zero-order valence-corrected chi connectivity index (χ0v) is 20.3. The van der Waals surface area contributed by atoms with E-state index in [2.05, 4.69) is 6.92 Å². The first-order chi connectivity index (χ1) is 16.5. The van der Waals surface area contributed by atoms with Crippen molar-refractivity contribution in [3.8, 4) is 5.75 Å². The van der Waals surface area contributed by atoms with E-state index in [-0.39, 0.29) is 18.8 Å². The number of esters is 1. The van der Waals surface area contributed by atoms with Crippen LogP contribution in [0.1, 0.15) is 97.1 Å². The molecule has 0 unspecified atom stereocenters. The summed E-state index contributed by atoms with van der Waals surface area (Å²) in [6.07, 6.45) is 9.26. The molecule has 2 aromatic carbocycles. The van der Waals surface area contributed by atoms with Crippen molar-refractivity contribution >= 4 is 17.7 Å². The summed E-state index contributed by atoms with van der Waals surface area (Å²) in [7, 11) is 0. The maximum absolute atomic E-state index is 13.0. The molecule has 0 saturated carbocycles. The molecule has 0 saturated heterocycles. The topological polar surface area (TPSA) is 89.9 Å². The first kappa shape index (κ1) is 27.1. The van der Waals surface area contributed by atoms with Crippen LogP contribution in [0.15, 0.2) is 42.5 Å². The Morgan fingerprint density at radius 1 is 0.794 bits per heavy atom. The van der Waals surface area contributed by atoms with E-state index in [1.807, 2.05) is 0 Å². The van der Waals surface area contributed by atoms with Crippen molar-refractivity contribution < 1.29 is 29.0 Å². The molecule has 2 rings (SSSR count). The van der Waals surface area contributed by atoms with Gasteiger partial charge in [0, 0.05) is 16.7 Å². The smallest absolute Gasteiger partial charge is 0.338 e. The zero-order chi connectivity index (χ0) is 24.8. The van der Waals surface area contributed by atoms with Crippen LogP contribution in [0.3, 0.4) is 0 Å². The van der Waals surface area contributed by atoms with Crippen LogP contribution >= 0.6 is 0 Å². The molecule has 0 aliphatic rings. The van der Waals surface area contributed by atoms with Gasteiger partial charge in [0.1, 0.15) is 5.75 Å². The van der Waals surface area contributed by atoms with E-state index in [1.54, 1.807) is 43.3 Å². The Morgan fingerprint density at radius 3 is 2.12 bits per heavy atom. The summed E-state index contributed by atoms with van der Waals surface area (Å²) in [5, 5.41) is 9.32. The third kappa shape index (κ3) is 9.00. The first-order valence-corrected chi connectivity index (χ1v) is 12.3. The van der Waals surface area contributed by atoms with Gasteiger partial charge in [-0.15, -0.1) is 0 Å². The van der Waals surface area contributed by atoms with Gasteiger partial charge in [-0.1, -0.05) is 64.0 Å².